The van der Waals surface area contributed by atoms with Gasteiger partial charge in [-0.3, -0.25) is 0 Å². The van der Waals surface area contributed by atoms with E-state index in [-0.39, 0.29) is 0 Å². The van der Waals surface area contributed by atoms with Gasteiger partial charge < -0.3 is 15.0 Å². The lowest BCUT2D eigenvalue weighted by Crippen LogP contribution is -2.36. The highest BCUT2D eigenvalue weighted by atomic mass is 16.5. The normalized spacial score (nSPS) is 18.3. The predicted molar refractivity (Wildman–Crippen MR) is 99.3 cm³/mol. The molecule has 0 amide bonds. The van der Waals surface area contributed by atoms with Crippen LogP contribution in [-0.2, 0) is 4.74 Å². The molecule has 0 saturated carbocycles. The summed E-state index contributed by atoms with van der Waals surface area (Å²) in [6, 6.07) is 8.01. The first-order valence-corrected chi connectivity index (χ1v) is 8.91. The molecule has 1 saturated heterocycles. The van der Waals surface area contributed by atoms with Crippen molar-refractivity contribution in [3.05, 3.63) is 41.5 Å². The Hall–Kier alpha value is -2.05. The van der Waals surface area contributed by atoms with Crippen molar-refractivity contribution in [2.75, 3.05) is 38.7 Å². The third kappa shape index (κ3) is 4.96. The molecule has 2 aromatic heterocycles. The highest BCUT2D eigenvalue weighted by molar-refractivity contribution is 5.52. The summed E-state index contributed by atoms with van der Waals surface area (Å²) in [5.74, 6) is 2.86. The summed E-state index contributed by atoms with van der Waals surface area (Å²) in [5.41, 5.74) is 2.10. The quantitative estimate of drug-likeness (QED) is 0.871. The van der Waals surface area contributed by atoms with E-state index in [1.54, 1.807) is 7.11 Å². The van der Waals surface area contributed by atoms with E-state index < -0.39 is 0 Å². The molecule has 3 rings (SSSR count). The van der Waals surface area contributed by atoms with Crippen molar-refractivity contribution in [1.29, 1.82) is 0 Å². The molecule has 25 heavy (non-hydrogen) atoms. The number of piperidine rings is 1. The highest BCUT2D eigenvalue weighted by Crippen LogP contribution is 2.27. The van der Waals surface area contributed by atoms with E-state index in [9.17, 15) is 0 Å². The molecule has 0 spiro atoms. The van der Waals surface area contributed by atoms with Gasteiger partial charge in [-0.15, -0.1) is 0 Å². The molecule has 0 unspecified atom stereocenters. The second kappa shape index (κ2) is 8.36. The zero-order chi connectivity index (χ0) is 17.6. The Labute approximate surface area is 149 Å². The molecule has 1 aliphatic rings. The third-order valence-electron chi connectivity index (χ3n) is 4.54. The largest absolute Gasteiger partial charge is 0.383 e. The number of nitrogens with one attached hydrogen (secondary N) is 1. The zero-order valence-corrected chi connectivity index (χ0v) is 15.3. The van der Waals surface area contributed by atoms with Gasteiger partial charge in [-0.25, -0.2) is 15.0 Å². The number of hydrogen-bond acceptors (Lipinski definition) is 6. The van der Waals surface area contributed by atoms with Gasteiger partial charge in [0.25, 0.3) is 0 Å². The number of anilines is 2. The minimum atomic E-state index is 0.443. The number of aromatic nitrogens is 3. The van der Waals surface area contributed by atoms with Crippen molar-refractivity contribution in [3.63, 3.8) is 0 Å². The van der Waals surface area contributed by atoms with Gasteiger partial charge in [-0.2, -0.15) is 0 Å². The topological polar surface area (TPSA) is 63.2 Å². The Morgan fingerprint density at radius 2 is 2.08 bits per heavy atom. The van der Waals surface area contributed by atoms with Crippen LogP contribution in [0.4, 0.5) is 11.6 Å². The number of likely N-dealkylation sites (tertiary alicyclic amines) is 1. The molecule has 0 aliphatic carbocycles. The van der Waals surface area contributed by atoms with Gasteiger partial charge in [0.05, 0.1) is 12.3 Å². The Morgan fingerprint density at radius 1 is 1.20 bits per heavy atom. The number of ether oxygens (including phenoxy) is 1. The van der Waals surface area contributed by atoms with Gasteiger partial charge in [0.1, 0.15) is 17.5 Å². The average Bonchev–Trinajstić information content (AvgIpc) is 2.60. The van der Waals surface area contributed by atoms with Crippen molar-refractivity contribution in [1.82, 2.24) is 19.9 Å². The Morgan fingerprint density at radius 3 is 2.88 bits per heavy atom. The lowest BCUT2D eigenvalue weighted by atomic mass is 9.94. The van der Waals surface area contributed by atoms with Crippen LogP contribution in [0.1, 0.15) is 36.0 Å². The molecule has 0 bridgehead atoms. The number of methoxy groups -OCH3 is 1. The molecule has 1 fully saturated rings. The zero-order valence-electron chi connectivity index (χ0n) is 15.3. The maximum atomic E-state index is 5.22. The summed E-state index contributed by atoms with van der Waals surface area (Å²) < 4.78 is 5.22. The smallest absolute Gasteiger partial charge is 0.135 e. The lowest BCUT2D eigenvalue weighted by Gasteiger charge is -2.32. The molecule has 0 radical (unpaired) electrons. The monoisotopic (exact) mass is 341 g/mol. The molecule has 3 heterocycles. The van der Waals surface area contributed by atoms with E-state index in [0.717, 1.165) is 55.1 Å². The van der Waals surface area contributed by atoms with Gasteiger partial charge >= 0.3 is 0 Å². The molecule has 1 aliphatic heterocycles. The molecule has 134 valence electrons. The van der Waals surface area contributed by atoms with Crippen molar-refractivity contribution < 1.29 is 4.74 Å². The third-order valence-corrected chi connectivity index (χ3v) is 4.54. The summed E-state index contributed by atoms with van der Waals surface area (Å²) >= 11 is 0. The van der Waals surface area contributed by atoms with Crippen LogP contribution in [-0.4, -0.2) is 53.2 Å². The molecule has 1 atom stereocenters. The van der Waals surface area contributed by atoms with Crippen molar-refractivity contribution in [2.45, 2.75) is 32.6 Å². The van der Waals surface area contributed by atoms with Crippen LogP contribution in [0.3, 0.4) is 0 Å². The molecular weight excluding hydrogens is 314 g/mol. The fraction of sp³-hybridized carbons (Fsp3) is 0.526. The maximum Gasteiger partial charge on any atom is 0.135 e. The summed E-state index contributed by atoms with van der Waals surface area (Å²) in [7, 11) is 1.76. The van der Waals surface area contributed by atoms with Gasteiger partial charge in [0.2, 0.25) is 0 Å². The number of hydrogen-bond donors (Lipinski definition) is 1. The maximum absolute atomic E-state index is 5.22. The second-order valence-corrected chi connectivity index (χ2v) is 6.65. The van der Waals surface area contributed by atoms with Gasteiger partial charge in [0.15, 0.2) is 0 Å². The van der Waals surface area contributed by atoms with Crippen LogP contribution >= 0.6 is 0 Å². The summed E-state index contributed by atoms with van der Waals surface area (Å²) in [5, 5.41) is 3.31. The molecule has 2 aromatic rings. The van der Waals surface area contributed by atoms with Crippen molar-refractivity contribution in [3.8, 4) is 0 Å². The minimum Gasteiger partial charge on any atom is -0.383 e. The van der Waals surface area contributed by atoms with E-state index in [1.165, 1.54) is 12.8 Å². The number of aryl methyl sites for hydroxylation is 2. The average molecular weight is 341 g/mol. The van der Waals surface area contributed by atoms with Crippen LogP contribution in [0.25, 0.3) is 0 Å². The molecular formula is C19H27N5O. The van der Waals surface area contributed by atoms with Crippen molar-refractivity contribution in [2.24, 2.45) is 0 Å². The van der Waals surface area contributed by atoms with Gasteiger partial charge in [-0.05, 0) is 45.4 Å². The molecule has 0 aromatic carbocycles. The Kier molecular flexibility index (Phi) is 5.94. The first-order chi connectivity index (χ1) is 12.1. The minimum absolute atomic E-state index is 0.443. The van der Waals surface area contributed by atoms with E-state index in [0.29, 0.717) is 5.92 Å². The molecule has 1 N–H and O–H groups in total. The molecule has 6 nitrogen and oxygen atoms in total. The Bertz CT molecular complexity index is 706. The number of pyridine rings is 1. The van der Waals surface area contributed by atoms with E-state index in [4.69, 9.17) is 9.72 Å². The van der Waals surface area contributed by atoms with Crippen LogP contribution in [0.2, 0.25) is 0 Å². The van der Waals surface area contributed by atoms with Crippen LogP contribution in [0.15, 0.2) is 24.3 Å². The summed E-state index contributed by atoms with van der Waals surface area (Å²) in [4.78, 5) is 16.2. The lowest BCUT2D eigenvalue weighted by molar-refractivity contribution is 0.127. The van der Waals surface area contributed by atoms with Crippen LogP contribution in [0, 0.1) is 13.8 Å². The number of rotatable bonds is 6. The van der Waals surface area contributed by atoms with Gasteiger partial charge in [0, 0.05) is 37.9 Å². The SMILES string of the molecule is COCCN1CCC[C@@H](c2cc(Nc3cccc(C)n3)nc(C)n2)C1. The van der Waals surface area contributed by atoms with Gasteiger partial charge in [-0.1, -0.05) is 6.07 Å². The van der Waals surface area contributed by atoms with Crippen LogP contribution in [0.5, 0.6) is 0 Å². The fourth-order valence-electron chi connectivity index (χ4n) is 3.33. The molecule has 6 heteroatoms. The first-order valence-electron chi connectivity index (χ1n) is 8.91. The standard InChI is InChI=1S/C19H27N5O/c1-14-6-4-8-18(20-14)23-19-12-17(21-15(2)22-19)16-7-5-9-24(13-16)10-11-25-3/h4,6,8,12,16H,5,7,9-11,13H2,1-3H3,(H,20,21,22,23)/t16-/m1/s1. The van der Waals surface area contributed by atoms with Crippen LogP contribution < -0.4 is 5.32 Å². The van der Waals surface area contributed by atoms with E-state index >= 15 is 0 Å². The highest BCUT2D eigenvalue weighted by Gasteiger charge is 2.23. The summed E-state index contributed by atoms with van der Waals surface area (Å²) in [6.07, 6.45) is 2.36. The first kappa shape index (κ1) is 17.8. The van der Waals surface area contributed by atoms with E-state index in [2.05, 4.69) is 26.3 Å². The van der Waals surface area contributed by atoms with E-state index in [1.807, 2.05) is 32.0 Å². The fourth-order valence-corrected chi connectivity index (χ4v) is 3.33. The Balaban J connectivity index is 1.74. The second-order valence-electron chi connectivity index (χ2n) is 6.65. The van der Waals surface area contributed by atoms with Crippen molar-refractivity contribution >= 4 is 11.6 Å². The predicted octanol–water partition coefficient (Wildman–Crippen LogP) is 3.06. The summed E-state index contributed by atoms with van der Waals surface area (Å²) in [6.45, 7) is 7.86. The number of nitrogens with zero attached hydrogens (tertiary/aromatic N) is 4.